The molecule has 0 atom stereocenters. The second-order valence-corrected chi connectivity index (χ2v) is 6.61. The monoisotopic (exact) mass is 335 g/mol. The lowest BCUT2D eigenvalue weighted by Crippen LogP contribution is -2.15. The number of halogens is 2. The van der Waals surface area contributed by atoms with Crippen molar-refractivity contribution in [3.63, 3.8) is 0 Å². The van der Waals surface area contributed by atoms with Gasteiger partial charge in [-0.2, -0.15) is 0 Å². The Labute approximate surface area is 105 Å². The Morgan fingerprint density at radius 3 is 2.86 bits per heavy atom. The van der Waals surface area contributed by atoms with Gasteiger partial charge < -0.3 is 5.32 Å². The first kappa shape index (κ1) is 10.9. The summed E-state index contributed by atoms with van der Waals surface area (Å²) in [6, 6.07) is 2.92. The van der Waals surface area contributed by atoms with Gasteiger partial charge in [0.15, 0.2) is 0 Å². The molecule has 0 amide bonds. The molecule has 1 aliphatic rings. The molecule has 1 aromatic heterocycles. The summed E-state index contributed by atoms with van der Waals surface area (Å²) in [4.78, 5) is 1.28. The molecule has 76 valence electrons. The van der Waals surface area contributed by atoms with Crippen LogP contribution < -0.4 is 5.32 Å². The van der Waals surface area contributed by atoms with Gasteiger partial charge in [-0.3, -0.25) is 0 Å². The van der Waals surface area contributed by atoms with Crippen LogP contribution in [0.4, 0.5) is 0 Å². The SMILES string of the molecule is Brc1cc(/C=C/CNC2CC2)sc1Br. The minimum atomic E-state index is 0.793. The van der Waals surface area contributed by atoms with E-state index in [1.807, 2.05) is 0 Å². The van der Waals surface area contributed by atoms with E-state index in [0.29, 0.717) is 0 Å². The van der Waals surface area contributed by atoms with Gasteiger partial charge in [0.05, 0.1) is 3.79 Å². The van der Waals surface area contributed by atoms with Gasteiger partial charge in [-0.15, -0.1) is 11.3 Å². The van der Waals surface area contributed by atoms with Gasteiger partial charge in [0.25, 0.3) is 0 Å². The van der Waals surface area contributed by atoms with E-state index in [1.165, 1.54) is 17.7 Å². The van der Waals surface area contributed by atoms with Gasteiger partial charge in [0.1, 0.15) is 0 Å². The van der Waals surface area contributed by atoms with Crippen LogP contribution in [0.2, 0.25) is 0 Å². The predicted octanol–water partition coefficient (Wildman–Crippen LogP) is 4.04. The minimum Gasteiger partial charge on any atom is -0.311 e. The largest absolute Gasteiger partial charge is 0.311 e. The maximum atomic E-state index is 3.48. The van der Waals surface area contributed by atoms with E-state index in [2.05, 4.69) is 55.4 Å². The summed E-state index contributed by atoms with van der Waals surface area (Å²) in [6.45, 7) is 0.984. The van der Waals surface area contributed by atoms with Crippen molar-refractivity contribution in [1.82, 2.24) is 5.32 Å². The third-order valence-electron chi connectivity index (χ3n) is 2.05. The Kier molecular flexibility index (Phi) is 3.82. The van der Waals surface area contributed by atoms with E-state index < -0.39 is 0 Å². The molecule has 0 aromatic carbocycles. The van der Waals surface area contributed by atoms with Crippen LogP contribution in [-0.2, 0) is 0 Å². The second-order valence-electron chi connectivity index (χ2n) is 3.36. The summed E-state index contributed by atoms with van der Waals surface area (Å²) >= 11 is 8.70. The van der Waals surface area contributed by atoms with Crippen LogP contribution in [0.1, 0.15) is 17.7 Å². The highest BCUT2D eigenvalue weighted by molar-refractivity contribution is 9.13. The highest BCUT2D eigenvalue weighted by atomic mass is 79.9. The molecule has 1 heterocycles. The molecule has 1 aliphatic carbocycles. The van der Waals surface area contributed by atoms with E-state index >= 15 is 0 Å². The maximum Gasteiger partial charge on any atom is 0.0846 e. The zero-order chi connectivity index (χ0) is 9.97. The quantitative estimate of drug-likeness (QED) is 0.875. The molecule has 0 spiro atoms. The van der Waals surface area contributed by atoms with Crippen LogP contribution in [0.25, 0.3) is 6.08 Å². The molecule has 0 aliphatic heterocycles. The summed E-state index contributed by atoms with van der Waals surface area (Å²) < 4.78 is 2.30. The third kappa shape index (κ3) is 3.19. The van der Waals surface area contributed by atoms with E-state index in [-0.39, 0.29) is 0 Å². The van der Waals surface area contributed by atoms with Crippen molar-refractivity contribution >= 4 is 49.3 Å². The molecule has 1 N–H and O–H groups in total. The Morgan fingerprint density at radius 2 is 2.29 bits per heavy atom. The van der Waals surface area contributed by atoms with E-state index in [0.717, 1.165) is 20.8 Å². The Morgan fingerprint density at radius 1 is 1.50 bits per heavy atom. The Bertz CT molecular complexity index is 322. The molecule has 14 heavy (non-hydrogen) atoms. The Hall–Kier alpha value is 0.360. The van der Waals surface area contributed by atoms with Crippen molar-refractivity contribution in [2.75, 3.05) is 6.54 Å². The number of rotatable bonds is 4. The zero-order valence-electron chi connectivity index (χ0n) is 7.59. The van der Waals surface area contributed by atoms with Crippen LogP contribution in [0.5, 0.6) is 0 Å². The highest BCUT2D eigenvalue weighted by Crippen LogP contribution is 2.32. The first-order valence-corrected chi connectivity index (χ1v) is 7.01. The summed E-state index contributed by atoms with van der Waals surface area (Å²) in [5.41, 5.74) is 0. The van der Waals surface area contributed by atoms with E-state index in [9.17, 15) is 0 Å². The standard InChI is InChI=1S/C10H11Br2NS/c11-9-6-8(14-10(9)12)2-1-5-13-7-3-4-7/h1-2,6-7,13H,3-5H2/b2-1+. The molecular formula is C10H11Br2NS. The number of hydrogen-bond donors (Lipinski definition) is 1. The van der Waals surface area contributed by atoms with Crippen molar-refractivity contribution < 1.29 is 0 Å². The predicted molar refractivity (Wildman–Crippen MR) is 69.8 cm³/mol. The van der Waals surface area contributed by atoms with Crippen LogP contribution in [-0.4, -0.2) is 12.6 Å². The number of thiophene rings is 1. The van der Waals surface area contributed by atoms with Crippen LogP contribution in [0, 0.1) is 0 Å². The van der Waals surface area contributed by atoms with Crippen LogP contribution in [0.15, 0.2) is 20.4 Å². The summed E-state index contributed by atoms with van der Waals surface area (Å²) in [5, 5.41) is 3.44. The second kappa shape index (κ2) is 4.92. The lowest BCUT2D eigenvalue weighted by Gasteiger charge is -1.93. The van der Waals surface area contributed by atoms with Gasteiger partial charge in [0.2, 0.25) is 0 Å². The topological polar surface area (TPSA) is 12.0 Å². The van der Waals surface area contributed by atoms with Crippen molar-refractivity contribution in [2.45, 2.75) is 18.9 Å². The fourth-order valence-electron chi connectivity index (χ4n) is 1.14. The lowest BCUT2D eigenvalue weighted by molar-refractivity contribution is 0.754. The van der Waals surface area contributed by atoms with Gasteiger partial charge in [-0.1, -0.05) is 6.08 Å². The van der Waals surface area contributed by atoms with Gasteiger partial charge >= 0.3 is 0 Å². The average molecular weight is 337 g/mol. The maximum absolute atomic E-state index is 3.48. The van der Waals surface area contributed by atoms with Crippen molar-refractivity contribution in [2.24, 2.45) is 0 Å². The molecule has 1 saturated carbocycles. The van der Waals surface area contributed by atoms with Crippen molar-refractivity contribution in [1.29, 1.82) is 0 Å². The fraction of sp³-hybridized carbons (Fsp3) is 0.400. The number of hydrogen-bond acceptors (Lipinski definition) is 2. The molecule has 0 saturated heterocycles. The molecule has 2 rings (SSSR count). The fourth-order valence-corrected chi connectivity index (χ4v) is 3.16. The number of nitrogens with one attached hydrogen (secondary N) is 1. The summed E-state index contributed by atoms with van der Waals surface area (Å²) in [7, 11) is 0. The molecular weight excluding hydrogens is 326 g/mol. The lowest BCUT2D eigenvalue weighted by atomic mass is 10.4. The van der Waals surface area contributed by atoms with Gasteiger partial charge in [-0.05, 0) is 56.8 Å². The van der Waals surface area contributed by atoms with Crippen LogP contribution >= 0.6 is 43.2 Å². The normalized spacial score (nSPS) is 16.7. The molecule has 0 radical (unpaired) electrons. The first-order valence-electron chi connectivity index (χ1n) is 4.60. The molecule has 4 heteroatoms. The van der Waals surface area contributed by atoms with Crippen molar-refractivity contribution in [3.05, 3.63) is 25.3 Å². The smallest absolute Gasteiger partial charge is 0.0846 e. The van der Waals surface area contributed by atoms with Gasteiger partial charge in [0, 0.05) is 21.9 Å². The van der Waals surface area contributed by atoms with E-state index in [1.54, 1.807) is 11.3 Å². The van der Waals surface area contributed by atoms with E-state index in [4.69, 9.17) is 0 Å². The minimum absolute atomic E-state index is 0.793. The zero-order valence-corrected chi connectivity index (χ0v) is 11.6. The molecule has 0 unspecified atom stereocenters. The third-order valence-corrected chi connectivity index (χ3v) is 5.27. The Balaban J connectivity index is 1.82. The van der Waals surface area contributed by atoms with Crippen LogP contribution in [0.3, 0.4) is 0 Å². The molecule has 1 aromatic rings. The van der Waals surface area contributed by atoms with Gasteiger partial charge in [-0.25, -0.2) is 0 Å². The summed E-state index contributed by atoms with van der Waals surface area (Å²) in [6.07, 6.45) is 7.05. The highest BCUT2D eigenvalue weighted by Gasteiger charge is 2.18. The average Bonchev–Trinajstić information content (AvgIpc) is 2.90. The molecule has 1 fully saturated rings. The molecule has 0 bridgehead atoms. The summed E-state index contributed by atoms with van der Waals surface area (Å²) in [5.74, 6) is 0. The molecule has 1 nitrogen and oxygen atoms in total. The van der Waals surface area contributed by atoms with Crippen molar-refractivity contribution in [3.8, 4) is 0 Å². The first-order chi connectivity index (χ1) is 6.75.